The summed E-state index contributed by atoms with van der Waals surface area (Å²) in [5.74, 6) is -1.58. The van der Waals surface area contributed by atoms with Crippen LogP contribution >= 0.6 is 0 Å². The maximum Gasteiger partial charge on any atom is 0.406 e. The number of aliphatic imine (C=N–C) groups is 1. The van der Waals surface area contributed by atoms with Crippen LogP contribution in [0.5, 0.6) is 5.75 Å². The number of ether oxygens (including phenoxy) is 2. The summed E-state index contributed by atoms with van der Waals surface area (Å²) >= 11 is 0. The molecule has 1 aromatic carbocycles. The van der Waals surface area contributed by atoms with Gasteiger partial charge in [-0.2, -0.15) is 13.2 Å². The summed E-state index contributed by atoms with van der Waals surface area (Å²) in [5, 5.41) is 9.08. The van der Waals surface area contributed by atoms with Crippen LogP contribution in [0.15, 0.2) is 47.5 Å². The van der Waals surface area contributed by atoms with Crippen molar-refractivity contribution >= 4 is 17.7 Å². The largest absolute Gasteiger partial charge is 0.494 e. The van der Waals surface area contributed by atoms with Gasteiger partial charge in [0.2, 0.25) is 5.91 Å². The molecule has 2 rings (SSSR count). The number of rotatable bonds is 10. The van der Waals surface area contributed by atoms with Crippen LogP contribution < -0.4 is 10.2 Å². The summed E-state index contributed by atoms with van der Waals surface area (Å²) in [4.78, 5) is 29.4. The number of carbonyl (C=O) groups is 2. The topological polar surface area (TPSA) is 100 Å². The maximum absolute atomic E-state index is 13.1. The number of fused-ring (bicyclic) bond motifs is 1. The fourth-order valence-electron chi connectivity index (χ4n) is 3.56. The minimum atomic E-state index is -4.57. The lowest BCUT2D eigenvalue weighted by molar-refractivity contribution is -0.165. The summed E-state index contributed by atoms with van der Waals surface area (Å²) in [7, 11) is 1.17. The number of methoxy groups -OCH3 is 1. The number of halogens is 3. The van der Waals surface area contributed by atoms with Gasteiger partial charge in [0.05, 0.1) is 26.1 Å². The Morgan fingerprint density at radius 2 is 2.09 bits per heavy atom. The van der Waals surface area contributed by atoms with Gasteiger partial charge >= 0.3 is 12.1 Å². The van der Waals surface area contributed by atoms with Crippen LogP contribution in [0.1, 0.15) is 30.9 Å². The van der Waals surface area contributed by atoms with Crippen LogP contribution in [-0.2, 0) is 27.3 Å². The van der Waals surface area contributed by atoms with Crippen molar-refractivity contribution in [1.82, 2.24) is 10.4 Å². The maximum atomic E-state index is 13.1. The quantitative estimate of drug-likeness (QED) is 0.128. The van der Waals surface area contributed by atoms with Gasteiger partial charge in [-0.25, -0.2) is 0 Å². The van der Waals surface area contributed by atoms with Crippen LogP contribution in [0.3, 0.4) is 0 Å². The van der Waals surface area contributed by atoms with Gasteiger partial charge in [0, 0.05) is 19.5 Å². The van der Waals surface area contributed by atoms with E-state index in [2.05, 4.69) is 9.73 Å². The van der Waals surface area contributed by atoms with E-state index in [9.17, 15) is 22.8 Å². The van der Waals surface area contributed by atoms with E-state index >= 15 is 0 Å². The summed E-state index contributed by atoms with van der Waals surface area (Å²) in [6, 6.07) is 5.01. The molecule has 0 aliphatic carbocycles. The van der Waals surface area contributed by atoms with Crippen LogP contribution in [0.4, 0.5) is 13.2 Å². The van der Waals surface area contributed by atoms with Crippen LogP contribution in [0.25, 0.3) is 0 Å². The fraction of sp³-hybridized carbons (Fsp3) is 0.458. The zero-order valence-corrected chi connectivity index (χ0v) is 19.7. The highest BCUT2D eigenvalue weighted by Gasteiger charge is 2.38. The van der Waals surface area contributed by atoms with E-state index < -0.39 is 30.5 Å². The predicted octanol–water partition coefficient (Wildman–Crippen LogP) is 3.59. The van der Waals surface area contributed by atoms with E-state index in [1.807, 2.05) is 18.5 Å². The minimum Gasteiger partial charge on any atom is -0.494 e. The van der Waals surface area contributed by atoms with E-state index in [1.165, 1.54) is 7.11 Å². The molecule has 2 N–H and O–H groups in total. The van der Waals surface area contributed by atoms with E-state index in [1.54, 1.807) is 36.4 Å². The lowest BCUT2D eigenvalue weighted by Crippen LogP contribution is -2.41. The number of hydroxylamine groups is 1. The molecule has 0 spiro atoms. The minimum absolute atomic E-state index is 0.129. The molecule has 11 heteroatoms. The molecule has 0 unspecified atom stereocenters. The predicted molar refractivity (Wildman–Crippen MR) is 123 cm³/mol. The average Bonchev–Trinajstić information content (AvgIpc) is 2.93. The second kappa shape index (κ2) is 13.5. The zero-order chi connectivity index (χ0) is 25.8. The van der Waals surface area contributed by atoms with Crippen molar-refractivity contribution in [2.45, 2.75) is 38.9 Å². The van der Waals surface area contributed by atoms with Crippen molar-refractivity contribution in [2.75, 3.05) is 26.8 Å². The number of benzene rings is 1. The molecule has 1 atom stereocenters. The molecule has 0 saturated carbocycles. The molecule has 8 nitrogen and oxygen atoms in total. The number of amides is 1. The molecular formula is C24H30F3N3O5. The van der Waals surface area contributed by atoms with Gasteiger partial charge in [0.25, 0.3) is 0 Å². The Morgan fingerprint density at radius 1 is 1.31 bits per heavy atom. The molecule has 35 heavy (non-hydrogen) atoms. The molecular weight excluding hydrogens is 467 g/mol. The first-order valence-corrected chi connectivity index (χ1v) is 11.1. The number of nitrogens with zero attached hydrogens (tertiary/aromatic N) is 2. The molecule has 0 saturated heterocycles. The zero-order valence-electron chi connectivity index (χ0n) is 19.7. The lowest BCUT2D eigenvalue weighted by Gasteiger charge is -2.25. The van der Waals surface area contributed by atoms with Crippen LogP contribution in [0, 0.1) is 5.92 Å². The summed E-state index contributed by atoms with van der Waals surface area (Å²) in [6.07, 6.45) is 2.73. The number of nitrogens with one attached hydrogen (secondary N) is 1. The number of hydrogen-bond acceptors (Lipinski definition) is 6. The standard InChI is InChI=1S/C24H30F3N3O5/c1-3-4-5-7-21(29-33)28-10-6-11-35-20-9-8-17-12-18(14-22(31)34-2)23(32)30(15-19(17)13-20)16-24(25,26)27/h3-5,7-9,13,18,33H,6,10-12,14-16H2,1-2H3,(H,28,29)/b4-3-,7-5-/t18-/m0/s1. The van der Waals surface area contributed by atoms with Crippen LogP contribution in [0.2, 0.25) is 0 Å². The lowest BCUT2D eigenvalue weighted by atomic mass is 9.94. The molecule has 0 aromatic heterocycles. The number of allylic oxidation sites excluding steroid dienone is 3. The Labute approximate surface area is 202 Å². The highest BCUT2D eigenvalue weighted by atomic mass is 19.4. The third-order valence-electron chi connectivity index (χ3n) is 5.20. The van der Waals surface area contributed by atoms with Gasteiger partial charge < -0.3 is 14.4 Å². The monoisotopic (exact) mass is 497 g/mol. The molecule has 1 amide bonds. The Kier molecular flexibility index (Phi) is 10.8. The first-order valence-electron chi connectivity index (χ1n) is 11.1. The number of esters is 1. The van der Waals surface area contributed by atoms with Crippen molar-refractivity contribution in [1.29, 1.82) is 0 Å². The van der Waals surface area contributed by atoms with E-state index in [-0.39, 0.29) is 26.0 Å². The van der Waals surface area contributed by atoms with E-state index in [0.717, 1.165) is 4.90 Å². The Bertz CT molecular complexity index is 960. The van der Waals surface area contributed by atoms with Crippen molar-refractivity contribution < 1.29 is 37.4 Å². The third kappa shape index (κ3) is 9.44. The van der Waals surface area contributed by atoms with Crippen molar-refractivity contribution in [3.8, 4) is 5.75 Å². The highest BCUT2D eigenvalue weighted by molar-refractivity contribution is 5.92. The Balaban J connectivity index is 2.08. The fourth-order valence-corrected chi connectivity index (χ4v) is 3.56. The molecule has 1 aromatic rings. The van der Waals surface area contributed by atoms with Crippen molar-refractivity contribution in [3.05, 3.63) is 53.6 Å². The third-order valence-corrected chi connectivity index (χ3v) is 5.20. The molecule has 1 aliphatic heterocycles. The Morgan fingerprint density at radius 3 is 2.74 bits per heavy atom. The molecule has 1 aliphatic rings. The van der Waals surface area contributed by atoms with E-state index in [4.69, 9.17) is 9.94 Å². The van der Waals surface area contributed by atoms with Crippen molar-refractivity contribution in [2.24, 2.45) is 10.9 Å². The van der Waals surface area contributed by atoms with Gasteiger partial charge in [-0.1, -0.05) is 24.3 Å². The molecule has 1 heterocycles. The van der Waals surface area contributed by atoms with Gasteiger partial charge in [0.1, 0.15) is 18.1 Å². The number of amidine groups is 1. The molecule has 0 fully saturated rings. The number of alkyl halides is 3. The summed E-state index contributed by atoms with van der Waals surface area (Å²) < 4.78 is 49.7. The van der Waals surface area contributed by atoms with E-state index in [0.29, 0.717) is 35.7 Å². The Hall–Kier alpha value is -3.34. The average molecular weight is 498 g/mol. The second-order valence-corrected chi connectivity index (χ2v) is 7.89. The molecule has 0 radical (unpaired) electrons. The van der Waals surface area contributed by atoms with Gasteiger partial charge in [-0.3, -0.25) is 25.3 Å². The number of carbonyl (C=O) groups excluding carboxylic acids is 2. The summed E-state index contributed by atoms with van der Waals surface area (Å²) in [5.41, 5.74) is 3.21. The first-order chi connectivity index (χ1) is 16.7. The van der Waals surface area contributed by atoms with Crippen LogP contribution in [-0.4, -0.2) is 60.8 Å². The SMILES string of the molecule is C/C=C\C=C/C(=NCCCOc1ccc2c(c1)CN(CC(F)(F)F)C(=O)[C@H](CC(=O)OC)C2)NO. The van der Waals surface area contributed by atoms with Gasteiger partial charge in [-0.05, 0) is 42.7 Å². The summed E-state index contributed by atoms with van der Waals surface area (Å²) in [6.45, 7) is 0.874. The highest BCUT2D eigenvalue weighted by Crippen LogP contribution is 2.30. The van der Waals surface area contributed by atoms with Gasteiger partial charge in [-0.15, -0.1) is 0 Å². The van der Waals surface area contributed by atoms with Crippen molar-refractivity contribution in [3.63, 3.8) is 0 Å². The number of hydrogen-bond donors (Lipinski definition) is 2. The van der Waals surface area contributed by atoms with Gasteiger partial charge in [0.15, 0.2) is 0 Å². The molecule has 0 bridgehead atoms. The molecule has 192 valence electrons. The second-order valence-electron chi connectivity index (χ2n) is 7.89. The smallest absolute Gasteiger partial charge is 0.406 e. The first kappa shape index (κ1) is 27.9. The normalized spacial score (nSPS) is 17.0.